The van der Waals surface area contributed by atoms with Crippen LogP contribution in [0.25, 0.3) is 11.0 Å². The maximum atomic E-state index is 13.0. The molecule has 0 radical (unpaired) electrons. The lowest BCUT2D eigenvalue weighted by Gasteiger charge is -2.21. The summed E-state index contributed by atoms with van der Waals surface area (Å²) in [6, 6.07) is 24.6. The van der Waals surface area contributed by atoms with Crippen LogP contribution >= 0.6 is 0 Å². The zero-order valence-corrected chi connectivity index (χ0v) is 17.7. The first kappa shape index (κ1) is 19.4. The Morgan fingerprint density at radius 3 is 2.68 bits per heavy atom. The highest BCUT2D eigenvalue weighted by Gasteiger charge is 2.20. The second kappa shape index (κ2) is 8.26. The van der Waals surface area contributed by atoms with Gasteiger partial charge in [0.05, 0.1) is 11.0 Å². The number of carbonyl (C=O) groups excluding carboxylic acids is 1. The highest BCUT2D eigenvalue weighted by molar-refractivity contribution is 5.92. The van der Waals surface area contributed by atoms with Crippen LogP contribution in [0.3, 0.4) is 0 Å². The van der Waals surface area contributed by atoms with E-state index in [1.54, 1.807) is 0 Å². The fraction of sp³-hybridized carbons (Fsp3) is 0.231. The van der Waals surface area contributed by atoms with E-state index < -0.39 is 0 Å². The summed E-state index contributed by atoms with van der Waals surface area (Å²) in [5, 5.41) is 3.15. The summed E-state index contributed by atoms with van der Waals surface area (Å²) in [6.07, 6.45) is 1.85. The molecule has 1 amide bonds. The third-order valence-electron chi connectivity index (χ3n) is 5.99. The monoisotopic (exact) mass is 410 g/mol. The van der Waals surface area contributed by atoms with Gasteiger partial charge in [0.2, 0.25) is 5.91 Å². The maximum absolute atomic E-state index is 13.0. The highest BCUT2D eigenvalue weighted by Crippen LogP contribution is 2.30. The summed E-state index contributed by atoms with van der Waals surface area (Å²) in [6.45, 7) is 4.10. The molecule has 5 nitrogen and oxygen atoms in total. The van der Waals surface area contributed by atoms with Crippen LogP contribution < -0.4 is 10.2 Å². The number of fused-ring (bicyclic) bond motifs is 2. The number of amides is 1. The minimum absolute atomic E-state index is 0.0351. The van der Waals surface area contributed by atoms with Crippen LogP contribution in [0.5, 0.6) is 0 Å². The first-order valence-corrected chi connectivity index (χ1v) is 10.9. The molecule has 0 bridgehead atoms. The topological polar surface area (TPSA) is 50.2 Å². The molecule has 0 atom stereocenters. The molecule has 5 rings (SSSR count). The Labute approximate surface area is 182 Å². The Bertz CT molecular complexity index is 1240. The van der Waals surface area contributed by atoms with Crippen LogP contribution in [-0.4, -0.2) is 22.0 Å². The molecule has 0 unspecified atom stereocenters. The standard InChI is InChI=1S/C26H26N4O/c1-2-25-27-22-12-6-8-14-24(22)30(25)18-26(31)28-21-11-5-3-10-20(21)17-29-16-15-19-9-4-7-13-23(19)29/h3-14H,2,15-18H2,1H3,(H,28,31). The Hall–Kier alpha value is -3.60. The first-order valence-electron chi connectivity index (χ1n) is 10.9. The maximum Gasteiger partial charge on any atom is 0.244 e. The van der Waals surface area contributed by atoms with E-state index in [9.17, 15) is 4.79 Å². The number of nitrogens with one attached hydrogen (secondary N) is 1. The molecule has 1 N–H and O–H groups in total. The van der Waals surface area contributed by atoms with E-state index in [1.807, 2.05) is 47.0 Å². The molecule has 3 aromatic carbocycles. The number of hydrogen-bond acceptors (Lipinski definition) is 3. The molecule has 0 spiro atoms. The van der Waals surface area contributed by atoms with Crippen molar-refractivity contribution < 1.29 is 4.79 Å². The van der Waals surface area contributed by atoms with E-state index in [1.165, 1.54) is 11.3 Å². The van der Waals surface area contributed by atoms with E-state index in [0.29, 0.717) is 0 Å². The number of para-hydroxylation sites is 4. The minimum Gasteiger partial charge on any atom is -0.367 e. The van der Waals surface area contributed by atoms with Gasteiger partial charge in [-0.1, -0.05) is 55.5 Å². The van der Waals surface area contributed by atoms with Crippen LogP contribution in [-0.2, 0) is 30.7 Å². The predicted octanol–water partition coefficient (Wildman–Crippen LogP) is 4.80. The summed E-state index contributed by atoms with van der Waals surface area (Å²) in [7, 11) is 0. The van der Waals surface area contributed by atoms with Gasteiger partial charge in [-0.15, -0.1) is 0 Å². The van der Waals surface area contributed by atoms with Crippen molar-refractivity contribution in [3.8, 4) is 0 Å². The molecule has 1 aliphatic rings. The lowest BCUT2D eigenvalue weighted by molar-refractivity contribution is -0.116. The Morgan fingerprint density at radius 2 is 1.77 bits per heavy atom. The SMILES string of the molecule is CCc1nc2ccccc2n1CC(=O)Nc1ccccc1CN1CCc2ccccc21. The number of imidazole rings is 1. The van der Waals surface area contributed by atoms with Crippen molar-refractivity contribution >= 4 is 28.3 Å². The number of nitrogens with zero attached hydrogens (tertiary/aromatic N) is 3. The number of rotatable bonds is 6. The van der Waals surface area contributed by atoms with Gasteiger partial charge >= 0.3 is 0 Å². The number of hydrogen-bond donors (Lipinski definition) is 1. The number of anilines is 2. The fourth-order valence-electron chi connectivity index (χ4n) is 4.46. The van der Waals surface area contributed by atoms with Crippen molar-refractivity contribution in [2.24, 2.45) is 0 Å². The second-order valence-electron chi connectivity index (χ2n) is 7.96. The molecule has 4 aromatic rings. The summed E-state index contributed by atoms with van der Waals surface area (Å²) < 4.78 is 2.02. The Morgan fingerprint density at radius 1 is 1.00 bits per heavy atom. The van der Waals surface area contributed by atoms with E-state index in [4.69, 9.17) is 0 Å². The second-order valence-corrected chi connectivity index (χ2v) is 7.96. The third kappa shape index (κ3) is 3.79. The molecule has 0 fully saturated rings. The van der Waals surface area contributed by atoms with Crippen molar-refractivity contribution in [1.29, 1.82) is 0 Å². The number of aryl methyl sites for hydroxylation is 1. The van der Waals surface area contributed by atoms with Crippen molar-refractivity contribution in [2.45, 2.75) is 32.9 Å². The molecular formula is C26H26N4O. The summed E-state index contributed by atoms with van der Waals surface area (Å²) in [4.78, 5) is 20.1. The zero-order chi connectivity index (χ0) is 21.2. The van der Waals surface area contributed by atoms with Gasteiger partial charge in [-0.2, -0.15) is 0 Å². The average molecular weight is 411 g/mol. The zero-order valence-electron chi connectivity index (χ0n) is 17.7. The van der Waals surface area contributed by atoms with Crippen molar-refractivity contribution in [2.75, 3.05) is 16.8 Å². The molecule has 5 heteroatoms. The van der Waals surface area contributed by atoms with E-state index in [-0.39, 0.29) is 12.5 Å². The van der Waals surface area contributed by atoms with Gasteiger partial charge < -0.3 is 14.8 Å². The normalized spacial score (nSPS) is 12.9. The summed E-state index contributed by atoms with van der Waals surface area (Å²) in [5.41, 5.74) is 6.61. The van der Waals surface area contributed by atoms with Gasteiger partial charge in [0.25, 0.3) is 0 Å². The molecule has 31 heavy (non-hydrogen) atoms. The van der Waals surface area contributed by atoms with Crippen LogP contribution in [0.1, 0.15) is 23.9 Å². The lowest BCUT2D eigenvalue weighted by Crippen LogP contribution is -2.23. The molecule has 1 aromatic heterocycles. The van der Waals surface area contributed by atoms with Crippen LogP contribution in [0.2, 0.25) is 0 Å². The average Bonchev–Trinajstić information content (AvgIpc) is 3.36. The summed E-state index contributed by atoms with van der Waals surface area (Å²) in [5.74, 6) is 0.894. The molecule has 0 aliphatic carbocycles. The van der Waals surface area contributed by atoms with Crippen molar-refractivity contribution in [3.63, 3.8) is 0 Å². The van der Waals surface area contributed by atoms with Crippen molar-refractivity contribution in [3.05, 3.63) is 89.7 Å². The number of carbonyl (C=O) groups is 1. The van der Waals surface area contributed by atoms with Gasteiger partial charge in [-0.25, -0.2) is 4.98 Å². The smallest absolute Gasteiger partial charge is 0.244 e. The van der Waals surface area contributed by atoms with Crippen LogP contribution in [0, 0.1) is 0 Å². The highest BCUT2D eigenvalue weighted by atomic mass is 16.1. The largest absolute Gasteiger partial charge is 0.367 e. The van der Waals surface area contributed by atoms with E-state index >= 15 is 0 Å². The number of benzene rings is 3. The van der Waals surface area contributed by atoms with E-state index in [0.717, 1.165) is 54.0 Å². The van der Waals surface area contributed by atoms with Crippen molar-refractivity contribution in [1.82, 2.24) is 9.55 Å². The Balaban J connectivity index is 1.35. The quantitative estimate of drug-likeness (QED) is 0.497. The van der Waals surface area contributed by atoms with E-state index in [2.05, 4.69) is 52.5 Å². The molecule has 0 saturated heterocycles. The first-order chi connectivity index (χ1) is 15.2. The fourth-order valence-corrected chi connectivity index (χ4v) is 4.46. The molecule has 1 aliphatic heterocycles. The minimum atomic E-state index is -0.0351. The Kier molecular flexibility index (Phi) is 5.16. The van der Waals surface area contributed by atoms with Gasteiger partial charge in [-0.3, -0.25) is 4.79 Å². The summed E-state index contributed by atoms with van der Waals surface area (Å²) >= 11 is 0. The van der Waals surface area contributed by atoms with Gasteiger partial charge in [0.15, 0.2) is 0 Å². The molecular weight excluding hydrogens is 384 g/mol. The van der Waals surface area contributed by atoms with Gasteiger partial charge in [0.1, 0.15) is 12.4 Å². The third-order valence-corrected chi connectivity index (χ3v) is 5.99. The predicted molar refractivity (Wildman–Crippen MR) is 125 cm³/mol. The molecule has 2 heterocycles. The molecule has 0 saturated carbocycles. The van der Waals surface area contributed by atoms with Gasteiger partial charge in [0, 0.05) is 30.9 Å². The number of aromatic nitrogens is 2. The van der Waals surface area contributed by atoms with Gasteiger partial charge in [-0.05, 0) is 41.8 Å². The molecule has 156 valence electrons. The lowest BCUT2D eigenvalue weighted by atomic mass is 10.1. The van der Waals surface area contributed by atoms with Crippen LogP contribution in [0.15, 0.2) is 72.8 Å². The van der Waals surface area contributed by atoms with Crippen LogP contribution in [0.4, 0.5) is 11.4 Å².